The third-order valence-corrected chi connectivity index (χ3v) is 17.1. The Labute approximate surface area is 216 Å². The van der Waals surface area contributed by atoms with E-state index in [1.54, 1.807) is 6.92 Å². The molecule has 2 aromatic carbocycles. The van der Waals surface area contributed by atoms with Crippen molar-refractivity contribution in [2.24, 2.45) is 0 Å². The SMILES string of the molecule is CC(=O)c1cccc(CCc2ccc(CO[Si](C)(C)C(C)(C)C)c(CO[Si](C)(C)C(C)(C)C)c2)c1. The van der Waals surface area contributed by atoms with Gasteiger partial charge in [0.25, 0.3) is 0 Å². The first-order chi connectivity index (χ1) is 15.9. The molecule has 0 amide bonds. The zero-order valence-corrected chi connectivity index (χ0v) is 26.1. The molecule has 0 bridgehead atoms. The Kier molecular flexibility index (Phi) is 9.54. The fraction of sp³-hybridized carbons (Fsp3) is 0.567. The number of rotatable bonds is 10. The van der Waals surface area contributed by atoms with Gasteiger partial charge in [0.05, 0.1) is 13.2 Å². The van der Waals surface area contributed by atoms with Crippen LogP contribution in [0.25, 0.3) is 0 Å². The molecule has 0 radical (unpaired) electrons. The minimum atomic E-state index is -1.87. The number of aryl methyl sites for hydroxylation is 2. The Morgan fingerprint density at radius 3 is 1.69 bits per heavy atom. The molecule has 0 atom stereocenters. The fourth-order valence-corrected chi connectivity index (χ4v) is 5.19. The summed E-state index contributed by atoms with van der Waals surface area (Å²) in [6.45, 7) is 25.8. The van der Waals surface area contributed by atoms with Gasteiger partial charge in [0.1, 0.15) is 0 Å². The molecule has 35 heavy (non-hydrogen) atoms. The number of carbonyl (C=O) groups excluding carboxylic acids is 1. The lowest BCUT2D eigenvalue weighted by atomic mass is 9.98. The van der Waals surface area contributed by atoms with Crippen LogP contribution in [0.3, 0.4) is 0 Å². The first kappa shape index (κ1) is 29.7. The number of Topliss-reactive ketones (excluding diaryl/α,β-unsaturated/α-hetero) is 1. The minimum Gasteiger partial charge on any atom is -0.413 e. The molecule has 0 fully saturated rings. The molecule has 0 spiro atoms. The van der Waals surface area contributed by atoms with E-state index in [4.69, 9.17) is 8.85 Å². The number of ketones is 1. The van der Waals surface area contributed by atoms with E-state index < -0.39 is 16.6 Å². The summed E-state index contributed by atoms with van der Waals surface area (Å²) in [5, 5.41) is 0.350. The summed E-state index contributed by atoms with van der Waals surface area (Å²) in [4.78, 5) is 11.8. The molecule has 194 valence electrons. The van der Waals surface area contributed by atoms with Crippen LogP contribution in [0.15, 0.2) is 42.5 Å². The quantitative estimate of drug-likeness (QED) is 0.236. The summed E-state index contributed by atoms with van der Waals surface area (Å²) in [6.07, 6.45) is 1.83. The molecule has 0 heterocycles. The number of benzene rings is 2. The lowest BCUT2D eigenvalue weighted by Crippen LogP contribution is -2.41. The van der Waals surface area contributed by atoms with Crippen molar-refractivity contribution >= 4 is 22.4 Å². The van der Waals surface area contributed by atoms with Crippen molar-refractivity contribution in [1.29, 1.82) is 0 Å². The first-order valence-electron chi connectivity index (χ1n) is 12.9. The topological polar surface area (TPSA) is 35.5 Å². The van der Waals surface area contributed by atoms with Crippen LogP contribution in [0.4, 0.5) is 0 Å². The van der Waals surface area contributed by atoms with E-state index in [2.05, 4.69) is 92.0 Å². The molecule has 0 aliphatic carbocycles. The predicted molar refractivity (Wildman–Crippen MR) is 154 cm³/mol. The van der Waals surface area contributed by atoms with E-state index in [0.717, 1.165) is 18.4 Å². The maximum absolute atomic E-state index is 11.8. The third-order valence-electron chi connectivity index (χ3n) is 8.10. The van der Waals surface area contributed by atoms with Crippen molar-refractivity contribution < 1.29 is 13.6 Å². The van der Waals surface area contributed by atoms with Crippen molar-refractivity contribution in [3.05, 3.63) is 70.3 Å². The molecular weight excluding hydrogens is 464 g/mol. The molecule has 0 aliphatic rings. The second-order valence-electron chi connectivity index (χ2n) is 13.0. The molecule has 0 saturated carbocycles. The van der Waals surface area contributed by atoms with Crippen LogP contribution in [0, 0.1) is 0 Å². The normalized spacial score (nSPS) is 13.2. The molecule has 2 aromatic rings. The van der Waals surface area contributed by atoms with Crippen LogP contribution in [-0.2, 0) is 34.9 Å². The van der Waals surface area contributed by atoms with Gasteiger partial charge in [0.2, 0.25) is 0 Å². The molecule has 5 heteroatoms. The predicted octanol–water partition coefficient (Wildman–Crippen LogP) is 8.72. The minimum absolute atomic E-state index is 0.114. The van der Waals surface area contributed by atoms with E-state index in [1.165, 1.54) is 22.3 Å². The van der Waals surface area contributed by atoms with Gasteiger partial charge in [-0.3, -0.25) is 4.79 Å². The monoisotopic (exact) mass is 512 g/mol. The van der Waals surface area contributed by atoms with E-state index in [0.29, 0.717) is 13.2 Å². The molecule has 0 N–H and O–H groups in total. The summed E-state index contributed by atoms with van der Waals surface area (Å²) >= 11 is 0. The zero-order valence-electron chi connectivity index (χ0n) is 24.1. The van der Waals surface area contributed by atoms with Crippen molar-refractivity contribution in [1.82, 2.24) is 0 Å². The van der Waals surface area contributed by atoms with E-state index in [1.807, 2.05) is 18.2 Å². The summed E-state index contributed by atoms with van der Waals surface area (Å²) in [6, 6.07) is 14.8. The highest BCUT2D eigenvalue weighted by molar-refractivity contribution is 6.74. The van der Waals surface area contributed by atoms with E-state index in [-0.39, 0.29) is 15.9 Å². The van der Waals surface area contributed by atoms with Gasteiger partial charge in [0, 0.05) is 5.56 Å². The van der Waals surface area contributed by atoms with Gasteiger partial charge in [-0.25, -0.2) is 0 Å². The molecule has 2 rings (SSSR count). The lowest BCUT2D eigenvalue weighted by molar-refractivity contribution is 0.101. The lowest BCUT2D eigenvalue weighted by Gasteiger charge is -2.37. The van der Waals surface area contributed by atoms with Crippen LogP contribution < -0.4 is 0 Å². The average Bonchev–Trinajstić information content (AvgIpc) is 2.74. The maximum Gasteiger partial charge on any atom is 0.192 e. The Morgan fingerprint density at radius 1 is 0.714 bits per heavy atom. The number of carbonyl (C=O) groups is 1. The zero-order chi connectivity index (χ0) is 26.7. The van der Waals surface area contributed by atoms with Crippen LogP contribution >= 0.6 is 0 Å². The largest absolute Gasteiger partial charge is 0.413 e. The van der Waals surface area contributed by atoms with Gasteiger partial charge in [-0.05, 0) is 84.4 Å². The second-order valence-corrected chi connectivity index (χ2v) is 22.6. The standard InChI is InChI=1S/C30H48O3Si2/c1-23(31)26-14-12-13-24(19-26)15-16-25-17-18-27(21-32-34(8,9)29(2,3)4)28(20-25)22-33-35(10,11)30(5,6)7/h12-14,17-20H,15-16,21-22H2,1-11H3. The van der Waals surface area contributed by atoms with Crippen LogP contribution in [-0.4, -0.2) is 22.4 Å². The van der Waals surface area contributed by atoms with Gasteiger partial charge in [-0.15, -0.1) is 0 Å². The van der Waals surface area contributed by atoms with Gasteiger partial charge in [-0.2, -0.15) is 0 Å². The Morgan fingerprint density at radius 2 is 1.20 bits per heavy atom. The van der Waals surface area contributed by atoms with Gasteiger partial charge >= 0.3 is 0 Å². The van der Waals surface area contributed by atoms with Crippen molar-refractivity contribution in [3.63, 3.8) is 0 Å². The summed E-state index contributed by atoms with van der Waals surface area (Å²) in [7, 11) is -3.72. The highest BCUT2D eigenvalue weighted by Gasteiger charge is 2.38. The molecule has 0 aliphatic heterocycles. The molecular formula is C30H48O3Si2. The van der Waals surface area contributed by atoms with Gasteiger partial charge < -0.3 is 8.85 Å². The van der Waals surface area contributed by atoms with Crippen molar-refractivity contribution in [2.75, 3.05) is 0 Å². The maximum atomic E-state index is 11.8. The summed E-state index contributed by atoms with van der Waals surface area (Å²) in [5.41, 5.74) is 5.74. The first-order valence-corrected chi connectivity index (χ1v) is 18.7. The summed E-state index contributed by atoms with van der Waals surface area (Å²) < 4.78 is 13.2. The second kappa shape index (κ2) is 11.2. The van der Waals surface area contributed by atoms with Crippen LogP contribution in [0.2, 0.25) is 36.3 Å². The van der Waals surface area contributed by atoms with E-state index >= 15 is 0 Å². The average molecular weight is 513 g/mol. The highest BCUT2D eigenvalue weighted by Crippen LogP contribution is 2.39. The van der Waals surface area contributed by atoms with Crippen LogP contribution in [0.5, 0.6) is 0 Å². The van der Waals surface area contributed by atoms with Gasteiger partial charge in [-0.1, -0.05) is 77.9 Å². The third kappa shape index (κ3) is 8.24. The molecule has 3 nitrogen and oxygen atoms in total. The van der Waals surface area contributed by atoms with Gasteiger partial charge in [0.15, 0.2) is 22.4 Å². The van der Waals surface area contributed by atoms with Crippen LogP contribution in [0.1, 0.15) is 81.1 Å². The Bertz CT molecular complexity index is 1010. The Hall–Kier alpha value is -1.54. The number of hydrogen-bond donors (Lipinski definition) is 0. The molecule has 0 saturated heterocycles. The summed E-state index contributed by atoms with van der Waals surface area (Å²) in [5.74, 6) is 0.114. The van der Waals surface area contributed by atoms with E-state index in [9.17, 15) is 4.79 Å². The van der Waals surface area contributed by atoms with Crippen molar-refractivity contribution in [2.45, 2.75) is 111 Å². The fourth-order valence-electron chi connectivity index (χ4n) is 3.29. The molecule has 0 aromatic heterocycles. The number of hydrogen-bond acceptors (Lipinski definition) is 3. The smallest absolute Gasteiger partial charge is 0.192 e. The van der Waals surface area contributed by atoms with Crippen molar-refractivity contribution in [3.8, 4) is 0 Å². The molecule has 0 unspecified atom stereocenters. The highest BCUT2D eigenvalue weighted by atomic mass is 28.4. The Balaban J connectivity index is 2.26.